The molecule has 2 aromatic carbocycles. The number of carbonyl (C=O) groups is 3. The fourth-order valence-electron chi connectivity index (χ4n) is 3.41. The van der Waals surface area contributed by atoms with E-state index in [-0.39, 0.29) is 13.0 Å². The molecule has 0 aromatic heterocycles. The summed E-state index contributed by atoms with van der Waals surface area (Å²) in [5.41, 5.74) is 2.01. The molecule has 1 N–H and O–H groups in total. The van der Waals surface area contributed by atoms with Gasteiger partial charge in [-0.3, -0.25) is 9.59 Å². The predicted octanol–water partition coefficient (Wildman–Crippen LogP) is 3.30. The van der Waals surface area contributed by atoms with E-state index in [1.54, 1.807) is 0 Å². The van der Waals surface area contributed by atoms with Crippen LogP contribution in [0.4, 0.5) is 4.79 Å². The summed E-state index contributed by atoms with van der Waals surface area (Å²) in [6.45, 7) is 0.126. The highest BCUT2D eigenvalue weighted by atomic mass is 16.6. The Labute approximate surface area is 163 Å². The molecule has 2 amide bonds. The number of carboxylic acids is 1. The highest BCUT2D eigenvalue weighted by molar-refractivity contribution is 5.95. The van der Waals surface area contributed by atoms with Crippen molar-refractivity contribution in [2.75, 3.05) is 6.61 Å². The Morgan fingerprint density at radius 2 is 1.64 bits per heavy atom. The molecule has 28 heavy (non-hydrogen) atoms. The van der Waals surface area contributed by atoms with E-state index in [2.05, 4.69) is 0 Å². The topological polar surface area (TPSA) is 83.9 Å². The largest absolute Gasteiger partial charge is 0.481 e. The van der Waals surface area contributed by atoms with Crippen LogP contribution in [0.2, 0.25) is 0 Å². The molecule has 2 unspecified atom stereocenters. The highest BCUT2D eigenvalue weighted by Crippen LogP contribution is 2.22. The zero-order valence-electron chi connectivity index (χ0n) is 15.5. The van der Waals surface area contributed by atoms with Crippen LogP contribution >= 0.6 is 0 Å². The molecule has 6 heteroatoms. The fraction of sp³-hybridized carbons (Fsp3) is 0.318. The van der Waals surface area contributed by atoms with Crippen LogP contribution in [0.15, 0.2) is 60.7 Å². The van der Waals surface area contributed by atoms with E-state index in [1.165, 1.54) is 0 Å². The molecule has 0 saturated carbocycles. The Balaban J connectivity index is 1.64. The van der Waals surface area contributed by atoms with Crippen LogP contribution in [0.5, 0.6) is 0 Å². The summed E-state index contributed by atoms with van der Waals surface area (Å²) in [7, 11) is 0. The average molecular weight is 381 g/mol. The lowest BCUT2D eigenvalue weighted by Crippen LogP contribution is -2.41. The van der Waals surface area contributed by atoms with Crippen molar-refractivity contribution in [1.82, 2.24) is 4.90 Å². The molecule has 2 aromatic rings. The van der Waals surface area contributed by atoms with E-state index in [4.69, 9.17) is 4.74 Å². The second-order valence-corrected chi connectivity index (χ2v) is 6.95. The first-order valence-electron chi connectivity index (χ1n) is 9.34. The molecule has 1 heterocycles. The van der Waals surface area contributed by atoms with Gasteiger partial charge in [0.15, 0.2) is 0 Å². The molecule has 2 atom stereocenters. The number of nitrogens with zero attached hydrogens (tertiary/aromatic N) is 1. The molecule has 3 rings (SSSR count). The first-order valence-corrected chi connectivity index (χ1v) is 9.34. The molecule has 1 fully saturated rings. The third-order valence-corrected chi connectivity index (χ3v) is 4.94. The summed E-state index contributed by atoms with van der Waals surface area (Å²) in [4.78, 5) is 37.6. The van der Waals surface area contributed by atoms with E-state index < -0.39 is 29.9 Å². The van der Waals surface area contributed by atoms with Crippen LogP contribution in [0.25, 0.3) is 0 Å². The maximum atomic E-state index is 12.7. The van der Waals surface area contributed by atoms with Crippen LogP contribution in [-0.2, 0) is 27.2 Å². The van der Waals surface area contributed by atoms with E-state index >= 15 is 0 Å². The maximum Gasteiger partial charge on any atom is 0.416 e. The van der Waals surface area contributed by atoms with Gasteiger partial charge >= 0.3 is 12.1 Å². The third-order valence-electron chi connectivity index (χ3n) is 4.94. The SMILES string of the molecule is O=C(O)C(CCc1ccccc1)CC(=O)N1C(=O)OCC1Cc1ccccc1. The van der Waals surface area contributed by atoms with Gasteiger partial charge in [-0.25, -0.2) is 9.69 Å². The summed E-state index contributed by atoms with van der Waals surface area (Å²) in [5, 5.41) is 9.52. The minimum atomic E-state index is -1.03. The van der Waals surface area contributed by atoms with E-state index in [0.717, 1.165) is 16.0 Å². The molecular formula is C22H23NO5. The molecule has 1 aliphatic heterocycles. The lowest BCUT2D eigenvalue weighted by Gasteiger charge is -2.21. The van der Waals surface area contributed by atoms with Crippen molar-refractivity contribution in [3.05, 3.63) is 71.8 Å². The van der Waals surface area contributed by atoms with Gasteiger partial charge in [-0.1, -0.05) is 60.7 Å². The second kappa shape index (κ2) is 9.17. The van der Waals surface area contributed by atoms with Crippen molar-refractivity contribution in [3.8, 4) is 0 Å². The Hall–Kier alpha value is -3.15. The number of carboxylic acid groups (broad SMARTS) is 1. The Morgan fingerprint density at radius 1 is 1.04 bits per heavy atom. The van der Waals surface area contributed by atoms with E-state index in [9.17, 15) is 19.5 Å². The molecule has 0 radical (unpaired) electrons. The standard InChI is InChI=1S/C22H23NO5/c24-20(14-18(21(25)26)12-11-16-7-3-1-4-8-16)23-19(15-28-22(23)27)13-17-9-5-2-6-10-17/h1-10,18-19H,11-15H2,(H,25,26). The minimum absolute atomic E-state index is 0.126. The monoisotopic (exact) mass is 381 g/mol. The molecule has 6 nitrogen and oxygen atoms in total. The molecule has 0 bridgehead atoms. The number of aryl methyl sites for hydroxylation is 1. The van der Waals surface area contributed by atoms with Gasteiger partial charge in [0.2, 0.25) is 5.91 Å². The summed E-state index contributed by atoms with van der Waals surface area (Å²) < 4.78 is 5.06. The van der Waals surface area contributed by atoms with Gasteiger partial charge < -0.3 is 9.84 Å². The number of ether oxygens (including phenoxy) is 1. The average Bonchev–Trinajstić information content (AvgIpc) is 3.06. The Kier molecular flexibility index (Phi) is 6.42. The van der Waals surface area contributed by atoms with Crippen LogP contribution in [0, 0.1) is 5.92 Å². The Bertz CT molecular complexity index is 821. The Morgan fingerprint density at radius 3 is 2.25 bits per heavy atom. The zero-order chi connectivity index (χ0) is 19.9. The van der Waals surface area contributed by atoms with Gasteiger partial charge in [-0.05, 0) is 30.4 Å². The maximum absolute atomic E-state index is 12.7. The van der Waals surface area contributed by atoms with Gasteiger partial charge in [0.1, 0.15) is 6.61 Å². The number of carbonyl (C=O) groups excluding carboxylic acids is 2. The van der Waals surface area contributed by atoms with Gasteiger partial charge in [-0.2, -0.15) is 0 Å². The second-order valence-electron chi connectivity index (χ2n) is 6.95. The number of amides is 2. The van der Waals surface area contributed by atoms with E-state index in [0.29, 0.717) is 19.3 Å². The predicted molar refractivity (Wildman–Crippen MR) is 103 cm³/mol. The van der Waals surface area contributed by atoms with E-state index in [1.807, 2.05) is 60.7 Å². The van der Waals surface area contributed by atoms with Crippen molar-refractivity contribution in [2.24, 2.45) is 5.92 Å². The number of imide groups is 1. The number of hydrogen-bond acceptors (Lipinski definition) is 4. The summed E-state index contributed by atoms with van der Waals surface area (Å²) >= 11 is 0. The van der Waals surface area contributed by atoms with Crippen molar-refractivity contribution >= 4 is 18.0 Å². The smallest absolute Gasteiger partial charge is 0.416 e. The lowest BCUT2D eigenvalue weighted by atomic mass is 9.95. The highest BCUT2D eigenvalue weighted by Gasteiger charge is 2.39. The number of aliphatic carboxylic acids is 1. The number of rotatable bonds is 8. The summed E-state index contributed by atoms with van der Waals surface area (Å²) in [6, 6.07) is 18.6. The molecule has 1 saturated heterocycles. The normalized spacial score (nSPS) is 17.2. The van der Waals surface area contributed by atoms with Crippen molar-refractivity contribution in [1.29, 1.82) is 0 Å². The first kappa shape index (κ1) is 19.6. The number of hydrogen-bond donors (Lipinski definition) is 1. The van der Waals surface area contributed by atoms with Crippen LogP contribution in [0.3, 0.4) is 0 Å². The lowest BCUT2D eigenvalue weighted by molar-refractivity contribution is -0.145. The molecule has 0 spiro atoms. The fourth-order valence-corrected chi connectivity index (χ4v) is 3.41. The van der Waals surface area contributed by atoms with Crippen molar-refractivity contribution in [3.63, 3.8) is 0 Å². The van der Waals surface area contributed by atoms with Crippen molar-refractivity contribution in [2.45, 2.75) is 31.7 Å². The quantitative estimate of drug-likeness (QED) is 0.758. The summed E-state index contributed by atoms with van der Waals surface area (Å²) in [5.74, 6) is -2.38. The van der Waals surface area contributed by atoms with Crippen LogP contribution < -0.4 is 0 Å². The minimum Gasteiger partial charge on any atom is -0.481 e. The van der Waals surface area contributed by atoms with Crippen LogP contribution in [-0.4, -0.2) is 40.6 Å². The first-order chi connectivity index (χ1) is 13.5. The summed E-state index contributed by atoms with van der Waals surface area (Å²) in [6.07, 6.45) is 0.460. The molecule has 1 aliphatic rings. The van der Waals surface area contributed by atoms with Gasteiger partial charge in [0.05, 0.1) is 12.0 Å². The van der Waals surface area contributed by atoms with Crippen LogP contribution in [0.1, 0.15) is 24.0 Å². The van der Waals surface area contributed by atoms with Gasteiger partial charge in [0, 0.05) is 6.42 Å². The molecule has 146 valence electrons. The zero-order valence-corrected chi connectivity index (χ0v) is 15.5. The van der Waals surface area contributed by atoms with Gasteiger partial charge in [0.25, 0.3) is 0 Å². The van der Waals surface area contributed by atoms with Gasteiger partial charge in [-0.15, -0.1) is 0 Å². The van der Waals surface area contributed by atoms with Crippen molar-refractivity contribution < 1.29 is 24.2 Å². The number of cyclic esters (lactones) is 1. The third kappa shape index (κ3) is 4.97. The molecular weight excluding hydrogens is 358 g/mol. The molecule has 0 aliphatic carbocycles. The number of benzene rings is 2.